The number of thiazole rings is 1. The van der Waals surface area contributed by atoms with E-state index in [9.17, 15) is 13.2 Å². The van der Waals surface area contributed by atoms with Crippen molar-refractivity contribution in [3.05, 3.63) is 77.7 Å². The Kier molecular flexibility index (Phi) is 6.24. The number of nitrogens with zero attached hydrogens (tertiary/aromatic N) is 3. The van der Waals surface area contributed by atoms with E-state index in [2.05, 4.69) is 4.98 Å². The lowest BCUT2D eigenvalue weighted by Gasteiger charge is -2.18. The lowest BCUT2D eigenvalue weighted by atomic mass is 10.1. The highest BCUT2D eigenvalue weighted by atomic mass is 32.2. The van der Waals surface area contributed by atoms with Crippen molar-refractivity contribution in [3.63, 3.8) is 0 Å². The van der Waals surface area contributed by atoms with Gasteiger partial charge in [0.05, 0.1) is 10.2 Å². The number of sulfonamides is 1. The number of fused-ring (bicyclic) bond motifs is 1. The zero-order valence-corrected chi connectivity index (χ0v) is 20.4. The molecule has 4 aromatic rings. The van der Waals surface area contributed by atoms with Gasteiger partial charge in [0.15, 0.2) is 10.9 Å². The minimum absolute atomic E-state index is 0.00240. The van der Waals surface area contributed by atoms with Crippen LogP contribution in [0.4, 0.5) is 5.13 Å². The Hall–Kier alpha value is -3.01. The maximum absolute atomic E-state index is 13.6. The Morgan fingerprint density at radius 2 is 1.79 bits per heavy atom. The zero-order valence-electron chi connectivity index (χ0n) is 18.8. The van der Waals surface area contributed by atoms with Crippen LogP contribution in [-0.4, -0.2) is 43.2 Å². The largest absolute Gasteiger partial charge is 0.455 e. The van der Waals surface area contributed by atoms with Gasteiger partial charge in [-0.25, -0.2) is 13.4 Å². The fourth-order valence-electron chi connectivity index (χ4n) is 4.17. The summed E-state index contributed by atoms with van der Waals surface area (Å²) in [5.74, 6) is -0.175. The SMILES string of the molecule is Cc1oc(C(=O)N(CCc2ccccc2)c2nc3ccccc3s2)cc1S(=O)(=O)N1CCCC1. The number of para-hydroxylation sites is 1. The minimum Gasteiger partial charge on any atom is -0.455 e. The molecule has 0 spiro atoms. The summed E-state index contributed by atoms with van der Waals surface area (Å²) >= 11 is 1.43. The molecule has 176 valence electrons. The van der Waals surface area contributed by atoms with Crippen molar-refractivity contribution in [1.82, 2.24) is 9.29 Å². The van der Waals surface area contributed by atoms with Crippen molar-refractivity contribution in [3.8, 4) is 0 Å². The molecule has 1 aliphatic rings. The van der Waals surface area contributed by atoms with Crippen molar-refractivity contribution < 1.29 is 17.6 Å². The van der Waals surface area contributed by atoms with E-state index in [1.54, 1.807) is 11.8 Å². The summed E-state index contributed by atoms with van der Waals surface area (Å²) in [6.07, 6.45) is 2.31. The summed E-state index contributed by atoms with van der Waals surface area (Å²) in [5, 5.41) is 0.556. The predicted octanol–water partition coefficient (Wildman–Crippen LogP) is 4.87. The summed E-state index contributed by atoms with van der Waals surface area (Å²) in [7, 11) is -3.69. The second kappa shape index (κ2) is 9.32. The molecule has 1 fully saturated rings. The molecule has 0 bridgehead atoms. The van der Waals surface area contributed by atoms with Gasteiger partial charge in [-0.05, 0) is 43.9 Å². The molecular weight excluding hydrogens is 470 g/mol. The van der Waals surface area contributed by atoms with Gasteiger partial charge in [-0.1, -0.05) is 53.8 Å². The first-order valence-electron chi connectivity index (χ1n) is 11.3. The minimum atomic E-state index is -3.69. The molecule has 1 aliphatic heterocycles. The second-order valence-electron chi connectivity index (χ2n) is 8.30. The van der Waals surface area contributed by atoms with Crippen LogP contribution in [-0.2, 0) is 16.4 Å². The molecule has 0 N–H and O–H groups in total. The molecule has 0 atom stereocenters. The van der Waals surface area contributed by atoms with Crippen LogP contribution in [0.15, 0.2) is 70.0 Å². The van der Waals surface area contributed by atoms with Crippen molar-refractivity contribution in [1.29, 1.82) is 0 Å². The smallest absolute Gasteiger partial charge is 0.295 e. The first-order valence-corrected chi connectivity index (χ1v) is 13.5. The number of aromatic nitrogens is 1. The molecule has 0 unspecified atom stereocenters. The standard InChI is InChI=1S/C25H25N3O4S2/c1-18-23(34(30,31)27-14-7-8-15-27)17-21(32-18)24(29)28(16-13-19-9-3-2-4-10-19)25-26-20-11-5-6-12-22(20)33-25/h2-6,9-12,17H,7-8,13-16H2,1H3. The number of anilines is 1. The molecule has 2 aromatic carbocycles. The lowest BCUT2D eigenvalue weighted by molar-refractivity contribution is 0.0959. The van der Waals surface area contributed by atoms with Crippen LogP contribution in [0.1, 0.15) is 34.7 Å². The van der Waals surface area contributed by atoms with Gasteiger partial charge < -0.3 is 4.42 Å². The van der Waals surface area contributed by atoms with Crippen LogP contribution >= 0.6 is 11.3 Å². The number of rotatable bonds is 7. The molecular formula is C25H25N3O4S2. The Labute approximate surface area is 202 Å². The Bertz CT molecular complexity index is 1390. The number of hydrogen-bond acceptors (Lipinski definition) is 6. The maximum Gasteiger partial charge on any atom is 0.295 e. The number of amides is 1. The summed E-state index contributed by atoms with van der Waals surface area (Å²) in [6.45, 7) is 2.96. The molecule has 1 saturated heterocycles. The third-order valence-electron chi connectivity index (χ3n) is 5.99. The van der Waals surface area contributed by atoms with Gasteiger partial charge in [0, 0.05) is 25.7 Å². The molecule has 0 saturated carbocycles. The number of furan rings is 1. The van der Waals surface area contributed by atoms with E-state index in [-0.39, 0.29) is 16.4 Å². The average molecular weight is 496 g/mol. The number of carbonyl (C=O) groups excluding carboxylic acids is 1. The summed E-state index contributed by atoms with van der Waals surface area (Å²) in [4.78, 5) is 20.0. The van der Waals surface area contributed by atoms with Crippen LogP contribution in [0.2, 0.25) is 0 Å². The van der Waals surface area contributed by atoms with Gasteiger partial charge in [-0.2, -0.15) is 4.31 Å². The highest BCUT2D eigenvalue weighted by Crippen LogP contribution is 2.32. The molecule has 2 aromatic heterocycles. The van der Waals surface area contributed by atoms with E-state index < -0.39 is 15.9 Å². The van der Waals surface area contributed by atoms with Gasteiger partial charge in [0.2, 0.25) is 10.0 Å². The van der Waals surface area contributed by atoms with Crippen molar-refractivity contribution in [2.24, 2.45) is 0 Å². The van der Waals surface area contributed by atoms with E-state index in [4.69, 9.17) is 4.42 Å². The highest BCUT2D eigenvalue weighted by Gasteiger charge is 2.33. The molecule has 1 amide bonds. The summed E-state index contributed by atoms with van der Waals surface area (Å²) in [5.41, 5.74) is 1.90. The monoisotopic (exact) mass is 495 g/mol. The number of benzene rings is 2. The van der Waals surface area contributed by atoms with E-state index in [1.807, 2.05) is 54.6 Å². The van der Waals surface area contributed by atoms with Gasteiger partial charge in [0.25, 0.3) is 5.91 Å². The average Bonchev–Trinajstić information content (AvgIpc) is 3.59. The van der Waals surface area contributed by atoms with E-state index in [0.717, 1.165) is 28.6 Å². The topological polar surface area (TPSA) is 83.7 Å². The molecule has 9 heteroatoms. The van der Waals surface area contributed by atoms with Crippen molar-refractivity contribution >= 4 is 42.6 Å². The second-order valence-corrected chi connectivity index (χ2v) is 11.2. The van der Waals surface area contributed by atoms with Gasteiger partial charge >= 0.3 is 0 Å². The summed E-state index contributed by atoms with van der Waals surface area (Å²) in [6, 6.07) is 19.0. The Balaban J connectivity index is 1.49. The van der Waals surface area contributed by atoms with Crippen molar-refractivity contribution in [2.75, 3.05) is 24.5 Å². The van der Waals surface area contributed by atoms with E-state index in [0.29, 0.717) is 31.2 Å². The molecule has 5 rings (SSSR count). The van der Waals surface area contributed by atoms with Crippen LogP contribution < -0.4 is 4.90 Å². The fourth-order valence-corrected chi connectivity index (χ4v) is 6.84. The summed E-state index contributed by atoms with van der Waals surface area (Å²) < 4.78 is 34.3. The number of hydrogen-bond donors (Lipinski definition) is 0. The molecule has 7 nitrogen and oxygen atoms in total. The first-order chi connectivity index (χ1) is 16.4. The van der Waals surface area contributed by atoms with Gasteiger partial charge in [-0.15, -0.1) is 0 Å². The van der Waals surface area contributed by atoms with Crippen LogP contribution in [0.3, 0.4) is 0 Å². The number of carbonyl (C=O) groups is 1. The maximum atomic E-state index is 13.6. The predicted molar refractivity (Wildman–Crippen MR) is 133 cm³/mol. The van der Waals surface area contributed by atoms with E-state index >= 15 is 0 Å². The van der Waals surface area contributed by atoms with E-state index in [1.165, 1.54) is 21.7 Å². The Morgan fingerprint density at radius 3 is 2.53 bits per heavy atom. The highest BCUT2D eigenvalue weighted by molar-refractivity contribution is 7.89. The van der Waals surface area contributed by atoms with Crippen LogP contribution in [0, 0.1) is 6.92 Å². The normalized spacial score (nSPS) is 14.6. The molecule has 3 heterocycles. The number of aryl methyl sites for hydroxylation is 1. The lowest BCUT2D eigenvalue weighted by Crippen LogP contribution is -2.32. The molecule has 0 aliphatic carbocycles. The van der Waals surface area contributed by atoms with Crippen LogP contribution in [0.5, 0.6) is 0 Å². The quantitative estimate of drug-likeness (QED) is 0.365. The van der Waals surface area contributed by atoms with Gasteiger partial charge in [0.1, 0.15) is 10.7 Å². The third kappa shape index (κ3) is 4.38. The van der Waals surface area contributed by atoms with Gasteiger partial charge in [-0.3, -0.25) is 9.69 Å². The first kappa shape index (κ1) is 22.8. The Morgan fingerprint density at radius 1 is 1.09 bits per heavy atom. The zero-order chi connectivity index (χ0) is 23.7. The third-order valence-corrected chi connectivity index (χ3v) is 9.06. The van der Waals surface area contributed by atoms with Crippen molar-refractivity contribution in [2.45, 2.75) is 31.1 Å². The molecule has 34 heavy (non-hydrogen) atoms. The van der Waals surface area contributed by atoms with Crippen LogP contribution in [0.25, 0.3) is 10.2 Å². The molecule has 0 radical (unpaired) electrons. The fraction of sp³-hybridized carbons (Fsp3) is 0.280.